The molecule has 0 saturated heterocycles. The topological polar surface area (TPSA) is 52.0 Å². The molecule has 0 saturated carbocycles. The van der Waals surface area contributed by atoms with Crippen LogP contribution < -0.4 is 10.1 Å². The lowest BCUT2D eigenvalue weighted by Crippen LogP contribution is -2.02. The summed E-state index contributed by atoms with van der Waals surface area (Å²) in [6.45, 7) is 4.17. The third-order valence-corrected chi connectivity index (χ3v) is 5.59. The standard InChI is InChI=1S/C26H26N4O/c1-18-7-5-9-20(15-18)28-25-17-22(13-14-27-25)31-26-23-11-3-4-12-24(23)29-30(26)21-10-6-8-19(2)16-21/h5-10,13-17H,3-4,11-12H2,1-2H3,(H,27,28). The summed E-state index contributed by atoms with van der Waals surface area (Å²) in [6, 6.07) is 20.4. The van der Waals surface area contributed by atoms with Crippen LogP contribution in [0, 0.1) is 13.8 Å². The number of nitrogens with one attached hydrogen (secondary N) is 1. The van der Waals surface area contributed by atoms with Crippen LogP contribution in [-0.2, 0) is 12.8 Å². The van der Waals surface area contributed by atoms with E-state index < -0.39 is 0 Å². The van der Waals surface area contributed by atoms with Gasteiger partial charge < -0.3 is 10.1 Å². The van der Waals surface area contributed by atoms with Gasteiger partial charge in [0.05, 0.1) is 11.4 Å². The van der Waals surface area contributed by atoms with Crippen molar-refractivity contribution in [3.63, 3.8) is 0 Å². The Morgan fingerprint density at radius 2 is 1.71 bits per heavy atom. The molecule has 2 heterocycles. The number of fused-ring (bicyclic) bond motifs is 1. The summed E-state index contributed by atoms with van der Waals surface area (Å²) < 4.78 is 8.42. The average Bonchev–Trinajstić information content (AvgIpc) is 3.13. The Morgan fingerprint density at radius 1 is 0.903 bits per heavy atom. The molecular formula is C26H26N4O. The molecule has 1 aliphatic rings. The molecule has 2 aromatic carbocycles. The summed E-state index contributed by atoms with van der Waals surface area (Å²) in [5.74, 6) is 2.30. The lowest BCUT2D eigenvalue weighted by Gasteiger charge is -2.14. The molecule has 1 aliphatic carbocycles. The molecule has 5 nitrogen and oxygen atoms in total. The highest BCUT2D eigenvalue weighted by Gasteiger charge is 2.23. The second kappa shape index (κ2) is 8.26. The van der Waals surface area contributed by atoms with Crippen molar-refractivity contribution in [3.8, 4) is 17.3 Å². The first-order valence-corrected chi connectivity index (χ1v) is 10.8. The molecule has 0 bridgehead atoms. The van der Waals surface area contributed by atoms with E-state index >= 15 is 0 Å². The highest BCUT2D eigenvalue weighted by molar-refractivity contribution is 5.58. The van der Waals surface area contributed by atoms with Crippen LogP contribution in [0.2, 0.25) is 0 Å². The maximum atomic E-state index is 6.46. The van der Waals surface area contributed by atoms with Gasteiger partial charge >= 0.3 is 0 Å². The Labute approximate surface area is 182 Å². The van der Waals surface area contributed by atoms with Gasteiger partial charge in [-0.05, 0) is 81.0 Å². The smallest absolute Gasteiger partial charge is 0.226 e. The first-order valence-electron chi connectivity index (χ1n) is 10.8. The Bertz CT molecular complexity index is 1230. The fraction of sp³-hybridized carbons (Fsp3) is 0.231. The van der Waals surface area contributed by atoms with Crippen LogP contribution >= 0.6 is 0 Å². The Morgan fingerprint density at radius 3 is 2.55 bits per heavy atom. The monoisotopic (exact) mass is 410 g/mol. The van der Waals surface area contributed by atoms with Crippen molar-refractivity contribution in [2.75, 3.05) is 5.32 Å². The minimum absolute atomic E-state index is 0.743. The molecule has 0 unspecified atom stereocenters. The van der Waals surface area contributed by atoms with Gasteiger partial charge in [-0.1, -0.05) is 24.3 Å². The second-order valence-corrected chi connectivity index (χ2v) is 8.16. The van der Waals surface area contributed by atoms with Gasteiger partial charge in [0, 0.05) is 23.5 Å². The number of rotatable bonds is 5. The average molecular weight is 411 g/mol. The van der Waals surface area contributed by atoms with E-state index in [0.717, 1.165) is 47.4 Å². The highest BCUT2D eigenvalue weighted by atomic mass is 16.5. The van der Waals surface area contributed by atoms with Gasteiger partial charge in [0.15, 0.2) is 0 Å². The highest BCUT2D eigenvalue weighted by Crippen LogP contribution is 2.35. The summed E-state index contributed by atoms with van der Waals surface area (Å²) >= 11 is 0. The zero-order valence-corrected chi connectivity index (χ0v) is 17.9. The predicted molar refractivity (Wildman–Crippen MR) is 124 cm³/mol. The lowest BCUT2D eigenvalue weighted by atomic mass is 9.98. The van der Waals surface area contributed by atoms with Crippen molar-refractivity contribution < 1.29 is 4.74 Å². The van der Waals surface area contributed by atoms with Gasteiger partial charge in [0.1, 0.15) is 11.6 Å². The largest absolute Gasteiger partial charge is 0.438 e. The van der Waals surface area contributed by atoms with Crippen molar-refractivity contribution in [1.82, 2.24) is 14.8 Å². The normalized spacial score (nSPS) is 13.0. The van der Waals surface area contributed by atoms with E-state index in [1.54, 1.807) is 6.20 Å². The SMILES string of the molecule is Cc1cccc(Nc2cc(Oc3c4c(nn3-c3cccc(C)c3)CCCC4)ccn2)c1. The fourth-order valence-corrected chi connectivity index (χ4v) is 4.09. The van der Waals surface area contributed by atoms with Crippen LogP contribution in [0.25, 0.3) is 5.69 Å². The first kappa shape index (κ1) is 19.4. The van der Waals surface area contributed by atoms with Gasteiger partial charge in [-0.3, -0.25) is 0 Å². The zero-order valence-electron chi connectivity index (χ0n) is 17.9. The number of ether oxygens (including phenoxy) is 1. The molecule has 0 aliphatic heterocycles. The first-order chi connectivity index (χ1) is 15.2. The van der Waals surface area contributed by atoms with Crippen LogP contribution in [0.1, 0.15) is 35.2 Å². The van der Waals surface area contributed by atoms with E-state index in [2.05, 4.69) is 60.5 Å². The van der Waals surface area contributed by atoms with E-state index in [9.17, 15) is 0 Å². The zero-order chi connectivity index (χ0) is 21.2. The van der Waals surface area contributed by atoms with E-state index in [1.165, 1.54) is 29.5 Å². The quantitative estimate of drug-likeness (QED) is 0.419. The van der Waals surface area contributed by atoms with Crippen LogP contribution in [0.3, 0.4) is 0 Å². The molecule has 4 aromatic rings. The molecule has 0 radical (unpaired) electrons. The number of hydrogen-bond acceptors (Lipinski definition) is 4. The molecule has 0 fully saturated rings. The molecule has 5 rings (SSSR count). The Balaban J connectivity index is 1.49. The molecule has 5 heteroatoms. The molecule has 0 amide bonds. The molecule has 2 aromatic heterocycles. The fourth-order valence-electron chi connectivity index (χ4n) is 4.09. The van der Waals surface area contributed by atoms with Crippen molar-refractivity contribution in [2.45, 2.75) is 39.5 Å². The van der Waals surface area contributed by atoms with Gasteiger partial charge in [-0.2, -0.15) is 5.10 Å². The van der Waals surface area contributed by atoms with Gasteiger partial charge in [0.2, 0.25) is 5.88 Å². The molecule has 1 N–H and O–H groups in total. The van der Waals surface area contributed by atoms with E-state index in [-0.39, 0.29) is 0 Å². The predicted octanol–water partition coefficient (Wildman–Crippen LogP) is 6.30. The molecule has 31 heavy (non-hydrogen) atoms. The summed E-state index contributed by atoms with van der Waals surface area (Å²) in [5.41, 5.74) is 6.80. The number of aromatic nitrogens is 3. The number of pyridine rings is 1. The van der Waals surface area contributed by atoms with E-state index in [4.69, 9.17) is 9.84 Å². The van der Waals surface area contributed by atoms with E-state index in [1.807, 2.05) is 28.9 Å². The maximum absolute atomic E-state index is 6.46. The molecule has 0 atom stereocenters. The van der Waals surface area contributed by atoms with Crippen LogP contribution in [-0.4, -0.2) is 14.8 Å². The van der Waals surface area contributed by atoms with Crippen molar-refractivity contribution in [2.24, 2.45) is 0 Å². The number of aryl methyl sites for hydroxylation is 3. The van der Waals surface area contributed by atoms with Crippen molar-refractivity contribution in [3.05, 3.63) is 89.2 Å². The minimum Gasteiger partial charge on any atom is -0.438 e. The summed E-state index contributed by atoms with van der Waals surface area (Å²) in [7, 11) is 0. The minimum atomic E-state index is 0.743. The Kier molecular flexibility index (Phi) is 5.16. The second-order valence-electron chi connectivity index (χ2n) is 8.16. The summed E-state index contributed by atoms with van der Waals surface area (Å²) in [6.07, 6.45) is 6.11. The number of nitrogens with zero attached hydrogens (tertiary/aromatic N) is 3. The Hall–Kier alpha value is -3.60. The third-order valence-electron chi connectivity index (χ3n) is 5.59. The van der Waals surface area contributed by atoms with Crippen molar-refractivity contribution >= 4 is 11.5 Å². The molecule has 0 spiro atoms. The number of hydrogen-bond donors (Lipinski definition) is 1. The third kappa shape index (κ3) is 4.17. The van der Waals surface area contributed by atoms with Crippen molar-refractivity contribution in [1.29, 1.82) is 0 Å². The maximum Gasteiger partial charge on any atom is 0.226 e. The molecular weight excluding hydrogens is 384 g/mol. The van der Waals surface area contributed by atoms with Gasteiger partial charge in [0.25, 0.3) is 0 Å². The van der Waals surface area contributed by atoms with E-state index in [0.29, 0.717) is 0 Å². The summed E-state index contributed by atoms with van der Waals surface area (Å²) in [5, 5.41) is 8.29. The van der Waals surface area contributed by atoms with Crippen LogP contribution in [0.5, 0.6) is 11.6 Å². The summed E-state index contributed by atoms with van der Waals surface area (Å²) in [4.78, 5) is 4.46. The molecule has 156 valence electrons. The van der Waals surface area contributed by atoms with Crippen LogP contribution in [0.4, 0.5) is 11.5 Å². The number of anilines is 2. The van der Waals surface area contributed by atoms with Gasteiger partial charge in [-0.25, -0.2) is 9.67 Å². The van der Waals surface area contributed by atoms with Crippen LogP contribution in [0.15, 0.2) is 66.9 Å². The van der Waals surface area contributed by atoms with Gasteiger partial charge in [-0.15, -0.1) is 0 Å². The lowest BCUT2D eigenvalue weighted by molar-refractivity contribution is 0.438. The number of benzene rings is 2.